The minimum Gasteiger partial charge on any atom is -0.344 e. The van der Waals surface area contributed by atoms with Crippen molar-refractivity contribution < 1.29 is 14.8 Å². The molecule has 168 valence electrons. The van der Waals surface area contributed by atoms with Crippen molar-refractivity contribution >= 4 is 22.6 Å². The average Bonchev–Trinajstić information content (AvgIpc) is 3.11. The van der Waals surface area contributed by atoms with Gasteiger partial charge in [0.05, 0.1) is 0 Å². The van der Waals surface area contributed by atoms with Gasteiger partial charge in [0.1, 0.15) is 0 Å². The maximum atomic E-state index is 13.5. The molecule has 4 rings (SSSR count). The van der Waals surface area contributed by atoms with Crippen molar-refractivity contribution in [3.63, 3.8) is 0 Å². The SMILES string of the molecule is CN1CCN(CC2CCc3c(c4ccccc4n3CCCCCC(=O)NO)C2=O)CC1. The van der Waals surface area contributed by atoms with Gasteiger partial charge >= 0.3 is 0 Å². The van der Waals surface area contributed by atoms with Crippen LogP contribution in [0, 0.1) is 5.92 Å². The molecular formula is C24H34N4O3. The lowest BCUT2D eigenvalue weighted by Crippen LogP contribution is -2.47. The summed E-state index contributed by atoms with van der Waals surface area (Å²) in [5.74, 6) is 0.0719. The Morgan fingerprint density at radius 3 is 2.68 bits per heavy atom. The Morgan fingerprint density at radius 1 is 1.13 bits per heavy atom. The first-order valence-corrected chi connectivity index (χ1v) is 11.6. The summed E-state index contributed by atoms with van der Waals surface area (Å²) >= 11 is 0. The number of aryl methyl sites for hydroxylation is 1. The molecule has 31 heavy (non-hydrogen) atoms. The van der Waals surface area contributed by atoms with Crippen LogP contribution >= 0.6 is 0 Å². The molecule has 0 saturated carbocycles. The second-order valence-electron chi connectivity index (χ2n) is 9.04. The number of benzene rings is 1. The fourth-order valence-corrected chi connectivity index (χ4v) is 5.10. The van der Waals surface area contributed by atoms with Gasteiger partial charge in [-0.05, 0) is 38.8 Å². The number of aromatic nitrogens is 1. The molecule has 2 N–H and O–H groups in total. The van der Waals surface area contributed by atoms with Gasteiger partial charge in [0, 0.05) is 73.8 Å². The lowest BCUT2D eigenvalue weighted by molar-refractivity contribution is -0.129. The van der Waals surface area contributed by atoms with E-state index in [1.165, 1.54) is 5.69 Å². The number of nitrogens with one attached hydrogen (secondary N) is 1. The maximum Gasteiger partial charge on any atom is 0.243 e. The zero-order valence-electron chi connectivity index (χ0n) is 18.5. The van der Waals surface area contributed by atoms with Crippen LogP contribution in [0.1, 0.15) is 48.2 Å². The van der Waals surface area contributed by atoms with E-state index in [4.69, 9.17) is 5.21 Å². The summed E-state index contributed by atoms with van der Waals surface area (Å²) in [5.41, 5.74) is 4.97. The highest BCUT2D eigenvalue weighted by molar-refractivity contribution is 6.11. The number of unbranched alkanes of at least 4 members (excludes halogenated alkanes) is 2. The van der Waals surface area contributed by atoms with E-state index >= 15 is 0 Å². The molecule has 1 atom stereocenters. The Balaban J connectivity index is 1.47. The van der Waals surface area contributed by atoms with Crippen LogP contribution in [0.15, 0.2) is 24.3 Å². The highest BCUT2D eigenvalue weighted by Crippen LogP contribution is 2.35. The lowest BCUT2D eigenvalue weighted by Gasteiger charge is -2.35. The van der Waals surface area contributed by atoms with Gasteiger partial charge in [-0.15, -0.1) is 0 Å². The van der Waals surface area contributed by atoms with Crippen molar-refractivity contribution in [2.75, 3.05) is 39.8 Å². The van der Waals surface area contributed by atoms with Crippen LogP contribution in [-0.2, 0) is 17.8 Å². The quantitative estimate of drug-likeness (QED) is 0.386. The van der Waals surface area contributed by atoms with Gasteiger partial charge in [-0.2, -0.15) is 0 Å². The fraction of sp³-hybridized carbons (Fsp3) is 0.583. The van der Waals surface area contributed by atoms with E-state index in [1.54, 1.807) is 5.48 Å². The van der Waals surface area contributed by atoms with Crippen molar-refractivity contribution in [3.8, 4) is 0 Å². The number of rotatable bonds is 8. The third-order valence-corrected chi connectivity index (χ3v) is 6.91. The molecule has 1 aromatic carbocycles. The molecule has 0 bridgehead atoms. The van der Waals surface area contributed by atoms with Crippen molar-refractivity contribution in [2.24, 2.45) is 5.92 Å². The Bertz CT molecular complexity index is 930. The highest BCUT2D eigenvalue weighted by atomic mass is 16.5. The third kappa shape index (κ3) is 4.84. The molecule has 1 aliphatic carbocycles. The number of hydroxylamine groups is 1. The normalized spacial score (nSPS) is 20.2. The summed E-state index contributed by atoms with van der Waals surface area (Å²) in [5, 5.41) is 9.70. The number of Topliss-reactive ketones (excluding diaryl/α,β-unsaturated/α-hetero) is 1. The minimum absolute atomic E-state index is 0.0900. The van der Waals surface area contributed by atoms with Gasteiger partial charge in [-0.3, -0.25) is 14.8 Å². The molecule has 2 aliphatic rings. The van der Waals surface area contributed by atoms with E-state index < -0.39 is 0 Å². The highest BCUT2D eigenvalue weighted by Gasteiger charge is 2.33. The summed E-state index contributed by atoms with van der Waals surface area (Å²) in [6.07, 6.45) is 4.82. The van der Waals surface area contributed by atoms with Gasteiger partial charge < -0.3 is 14.4 Å². The van der Waals surface area contributed by atoms with Gasteiger partial charge in [0.25, 0.3) is 0 Å². The molecule has 1 aliphatic heterocycles. The summed E-state index contributed by atoms with van der Waals surface area (Å²) in [6, 6.07) is 8.28. The van der Waals surface area contributed by atoms with Crippen molar-refractivity contribution in [1.82, 2.24) is 19.8 Å². The summed E-state index contributed by atoms with van der Waals surface area (Å²) in [4.78, 5) is 29.5. The first kappa shape index (κ1) is 22.0. The first-order chi connectivity index (χ1) is 15.1. The van der Waals surface area contributed by atoms with Crippen LogP contribution in [0.5, 0.6) is 0 Å². The van der Waals surface area contributed by atoms with Gasteiger partial charge in [0.15, 0.2) is 5.78 Å². The fourth-order valence-electron chi connectivity index (χ4n) is 5.10. The molecule has 7 heteroatoms. The Morgan fingerprint density at radius 2 is 1.90 bits per heavy atom. The number of hydrogen-bond acceptors (Lipinski definition) is 5. The summed E-state index contributed by atoms with van der Waals surface area (Å²) in [6.45, 7) is 5.97. The largest absolute Gasteiger partial charge is 0.344 e. The molecule has 1 amide bonds. The number of nitrogens with zero attached hydrogens (tertiary/aromatic N) is 3. The van der Waals surface area contributed by atoms with Crippen LogP contribution in [0.2, 0.25) is 0 Å². The van der Waals surface area contributed by atoms with Crippen LogP contribution < -0.4 is 5.48 Å². The number of likely N-dealkylation sites (N-methyl/N-ethyl adjacent to an activating group) is 1. The smallest absolute Gasteiger partial charge is 0.243 e. The first-order valence-electron chi connectivity index (χ1n) is 11.6. The number of fused-ring (bicyclic) bond motifs is 3. The Hall–Kier alpha value is -2.22. The molecule has 0 spiro atoms. The van der Waals surface area contributed by atoms with Gasteiger partial charge in [0.2, 0.25) is 5.91 Å². The van der Waals surface area contributed by atoms with Crippen molar-refractivity contribution in [3.05, 3.63) is 35.5 Å². The predicted molar refractivity (Wildman–Crippen MR) is 120 cm³/mol. The molecular weight excluding hydrogens is 392 g/mol. The van der Waals surface area contributed by atoms with E-state index in [2.05, 4.69) is 33.5 Å². The van der Waals surface area contributed by atoms with Crippen LogP contribution in [0.4, 0.5) is 0 Å². The molecule has 1 saturated heterocycles. The zero-order chi connectivity index (χ0) is 21.8. The van der Waals surface area contributed by atoms with Crippen molar-refractivity contribution in [2.45, 2.75) is 45.1 Å². The minimum atomic E-state index is -0.333. The molecule has 7 nitrogen and oxygen atoms in total. The molecule has 0 radical (unpaired) electrons. The molecule has 1 aromatic heterocycles. The predicted octanol–water partition coefficient (Wildman–Crippen LogP) is 2.70. The third-order valence-electron chi connectivity index (χ3n) is 6.91. The second kappa shape index (κ2) is 9.94. The molecule has 1 fully saturated rings. The second-order valence-corrected chi connectivity index (χ2v) is 9.04. The Labute approximate surface area is 184 Å². The van der Waals surface area contributed by atoms with E-state index in [0.29, 0.717) is 12.2 Å². The number of ketones is 1. The van der Waals surface area contributed by atoms with Gasteiger partial charge in [-0.25, -0.2) is 5.48 Å². The van der Waals surface area contributed by atoms with E-state index in [1.807, 2.05) is 12.1 Å². The lowest BCUT2D eigenvalue weighted by atomic mass is 9.84. The van der Waals surface area contributed by atoms with Crippen LogP contribution in [0.3, 0.4) is 0 Å². The summed E-state index contributed by atoms with van der Waals surface area (Å²) < 4.78 is 2.33. The summed E-state index contributed by atoms with van der Waals surface area (Å²) in [7, 11) is 2.16. The molecule has 1 unspecified atom stereocenters. The topological polar surface area (TPSA) is 77.8 Å². The number of carbonyl (C=O) groups excluding carboxylic acids is 2. The zero-order valence-corrected chi connectivity index (χ0v) is 18.5. The standard InChI is InChI=1S/C24H34N4O3/c1-26-13-15-27(16-14-26)17-18-10-11-21-23(24(18)30)19-7-4-5-8-20(19)28(21)12-6-2-3-9-22(29)25-31/h4-5,7-8,18,31H,2-3,6,9-17H2,1H3,(H,25,29). The number of carbonyl (C=O) groups is 2. The van der Waals surface area contributed by atoms with E-state index in [9.17, 15) is 9.59 Å². The number of hydrogen-bond donors (Lipinski definition) is 2. The number of piperazine rings is 1. The van der Waals surface area contributed by atoms with E-state index in [-0.39, 0.29) is 11.8 Å². The number of para-hydroxylation sites is 1. The monoisotopic (exact) mass is 426 g/mol. The molecule has 2 aromatic rings. The van der Waals surface area contributed by atoms with Crippen LogP contribution in [-0.4, -0.2) is 71.0 Å². The Kier molecular flexibility index (Phi) is 7.05. The van der Waals surface area contributed by atoms with E-state index in [0.717, 1.165) is 87.8 Å². The number of amides is 1. The van der Waals surface area contributed by atoms with Gasteiger partial charge in [-0.1, -0.05) is 24.6 Å². The van der Waals surface area contributed by atoms with Crippen molar-refractivity contribution in [1.29, 1.82) is 0 Å². The molecule has 2 heterocycles. The van der Waals surface area contributed by atoms with Crippen LogP contribution in [0.25, 0.3) is 10.9 Å². The average molecular weight is 427 g/mol. The maximum absolute atomic E-state index is 13.5.